The van der Waals surface area contributed by atoms with Crippen molar-refractivity contribution in [2.24, 2.45) is 0 Å². The van der Waals surface area contributed by atoms with Crippen molar-refractivity contribution in [3.63, 3.8) is 0 Å². The average molecular weight is 205 g/mol. The number of hydrogen-bond donors (Lipinski definition) is 1. The van der Waals surface area contributed by atoms with Crippen molar-refractivity contribution >= 4 is 0 Å². The lowest BCUT2D eigenvalue weighted by Gasteiger charge is -2.08. The van der Waals surface area contributed by atoms with Crippen molar-refractivity contribution in [1.82, 2.24) is 5.32 Å². The summed E-state index contributed by atoms with van der Waals surface area (Å²) in [7, 11) is 1.75. The molecule has 2 nitrogen and oxygen atoms in total. The predicted octanol–water partition coefficient (Wildman–Crippen LogP) is 2.13. The number of benzene rings is 1. The molecule has 0 radical (unpaired) electrons. The molecule has 0 amide bonds. The summed E-state index contributed by atoms with van der Waals surface area (Å²) in [6.07, 6.45) is 3.83. The molecule has 1 aromatic carbocycles. The zero-order chi connectivity index (χ0) is 10.5. The molecule has 0 saturated heterocycles. The minimum Gasteiger partial charge on any atom is -0.380 e. The van der Waals surface area contributed by atoms with E-state index >= 15 is 0 Å². The molecule has 0 unspecified atom stereocenters. The summed E-state index contributed by atoms with van der Waals surface area (Å²) in [5.41, 5.74) is 2.73. The lowest BCUT2D eigenvalue weighted by Crippen LogP contribution is -2.19. The van der Waals surface area contributed by atoms with Crippen LogP contribution in [0.2, 0.25) is 0 Å². The van der Waals surface area contributed by atoms with Crippen LogP contribution in [0.1, 0.15) is 24.0 Å². The Hall–Kier alpha value is -0.860. The molecule has 0 aromatic heterocycles. The van der Waals surface area contributed by atoms with E-state index in [2.05, 4.69) is 29.6 Å². The first-order chi connectivity index (χ1) is 7.40. The van der Waals surface area contributed by atoms with Crippen molar-refractivity contribution < 1.29 is 4.74 Å². The summed E-state index contributed by atoms with van der Waals surface area (Å²) in [6.45, 7) is 1.81. The fourth-order valence-corrected chi connectivity index (χ4v) is 1.80. The third kappa shape index (κ3) is 3.33. The molecule has 1 saturated carbocycles. The summed E-state index contributed by atoms with van der Waals surface area (Å²) in [4.78, 5) is 0. The summed E-state index contributed by atoms with van der Waals surface area (Å²) in [5.74, 6) is 0. The second-order valence-corrected chi connectivity index (χ2v) is 4.18. The Bertz CT molecular complexity index is 307. The molecule has 0 aliphatic heterocycles. The third-order valence-electron chi connectivity index (χ3n) is 2.82. The normalized spacial score (nSPS) is 15.5. The highest BCUT2D eigenvalue weighted by molar-refractivity contribution is 5.26. The Morgan fingerprint density at radius 2 is 2.00 bits per heavy atom. The van der Waals surface area contributed by atoms with Crippen LogP contribution in [0.4, 0.5) is 0 Å². The van der Waals surface area contributed by atoms with Gasteiger partial charge in [0.05, 0.1) is 6.61 Å². The molecule has 1 N–H and O–H groups in total. The van der Waals surface area contributed by atoms with Crippen LogP contribution >= 0.6 is 0 Å². The highest BCUT2D eigenvalue weighted by atomic mass is 16.5. The summed E-state index contributed by atoms with van der Waals surface area (Å²) < 4.78 is 5.19. The largest absolute Gasteiger partial charge is 0.380 e. The molecule has 2 rings (SSSR count). The molecule has 82 valence electrons. The van der Waals surface area contributed by atoms with Crippen LogP contribution < -0.4 is 5.32 Å². The lowest BCUT2D eigenvalue weighted by molar-refractivity contribution is 0.184. The quantitative estimate of drug-likeness (QED) is 0.768. The fourth-order valence-electron chi connectivity index (χ4n) is 1.80. The maximum Gasteiger partial charge on any atom is 0.0715 e. The van der Waals surface area contributed by atoms with E-state index in [4.69, 9.17) is 4.74 Å². The number of methoxy groups -OCH3 is 1. The highest BCUT2D eigenvalue weighted by Crippen LogP contribution is 2.18. The fraction of sp³-hybridized carbons (Fsp3) is 0.538. The van der Waals surface area contributed by atoms with E-state index in [1.165, 1.54) is 24.0 Å². The van der Waals surface area contributed by atoms with Gasteiger partial charge < -0.3 is 10.1 Å². The van der Waals surface area contributed by atoms with E-state index < -0.39 is 0 Å². The molecule has 0 heterocycles. The van der Waals surface area contributed by atoms with Gasteiger partial charge >= 0.3 is 0 Å². The molecule has 1 aliphatic carbocycles. The molecule has 0 bridgehead atoms. The van der Waals surface area contributed by atoms with Gasteiger partial charge in [-0.25, -0.2) is 0 Å². The standard InChI is InChI=1S/C13H19NO/c1-15-10-12-5-3-2-4-11(12)8-9-14-13-6-7-13/h2-5,13-14H,6-10H2,1H3. The molecule has 0 atom stereocenters. The molecular formula is C13H19NO. The van der Waals surface area contributed by atoms with Crippen LogP contribution in [-0.2, 0) is 17.8 Å². The van der Waals surface area contributed by atoms with Crippen molar-refractivity contribution in [3.8, 4) is 0 Å². The van der Waals surface area contributed by atoms with Gasteiger partial charge in [0, 0.05) is 13.2 Å². The van der Waals surface area contributed by atoms with Crippen LogP contribution in [0.15, 0.2) is 24.3 Å². The summed E-state index contributed by atoms with van der Waals surface area (Å²) in [6, 6.07) is 9.33. The first kappa shape index (κ1) is 10.7. The van der Waals surface area contributed by atoms with Gasteiger partial charge in [0.1, 0.15) is 0 Å². The van der Waals surface area contributed by atoms with Crippen LogP contribution in [0.25, 0.3) is 0 Å². The summed E-state index contributed by atoms with van der Waals surface area (Å²) >= 11 is 0. The van der Waals surface area contributed by atoms with Gasteiger partial charge in [0.25, 0.3) is 0 Å². The predicted molar refractivity (Wildman–Crippen MR) is 61.9 cm³/mol. The Kier molecular flexibility index (Phi) is 3.75. The molecule has 2 heteroatoms. The van der Waals surface area contributed by atoms with Crippen molar-refractivity contribution in [3.05, 3.63) is 35.4 Å². The van der Waals surface area contributed by atoms with E-state index in [1.54, 1.807) is 7.11 Å². The molecular weight excluding hydrogens is 186 g/mol. The van der Waals surface area contributed by atoms with Crippen molar-refractivity contribution in [1.29, 1.82) is 0 Å². The SMILES string of the molecule is COCc1ccccc1CCNC1CC1. The minimum absolute atomic E-state index is 0.722. The van der Waals surface area contributed by atoms with Crippen LogP contribution in [-0.4, -0.2) is 19.7 Å². The smallest absolute Gasteiger partial charge is 0.0715 e. The van der Waals surface area contributed by atoms with E-state index in [9.17, 15) is 0 Å². The lowest BCUT2D eigenvalue weighted by atomic mass is 10.1. The average Bonchev–Trinajstić information content (AvgIpc) is 3.05. The monoisotopic (exact) mass is 205 g/mol. The van der Waals surface area contributed by atoms with E-state index in [0.29, 0.717) is 0 Å². The second kappa shape index (κ2) is 5.29. The number of ether oxygens (including phenoxy) is 1. The van der Waals surface area contributed by atoms with Gasteiger partial charge in [0.2, 0.25) is 0 Å². The van der Waals surface area contributed by atoms with Gasteiger partial charge in [-0.3, -0.25) is 0 Å². The van der Waals surface area contributed by atoms with Gasteiger partial charge in [-0.15, -0.1) is 0 Å². The molecule has 15 heavy (non-hydrogen) atoms. The van der Waals surface area contributed by atoms with E-state index in [1.807, 2.05) is 0 Å². The maximum absolute atomic E-state index is 5.19. The zero-order valence-corrected chi connectivity index (χ0v) is 9.33. The first-order valence-corrected chi connectivity index (χ1v) is 5.69. The Labute approximate surface area is 91.6 Å². The van der Waals surface area contributed by atoms with Crippen LogP contribution in [0.5, 0.6) is 0 Å². The molecule has 0 spiro atoms. The van der Waals surface area contributed by atoms with Gasteiger partial charge in [-0.2, -0.15) is 0 Å². The van der Waals surface area contributed by atoms with Crippen molar-refractivity contribution in [2.75, 3.05) is 13.7 Å². The number of rotatable bonds is 6. The number of nitrogens with one attached hydrogen (secondary N) is 1. The third-order valence-corrected chi connectivity index (χ3v) is 2.82. The Morgan fingerprint density at radius 1 is 1.27 bits per heavy atom. The van der Waals surface area contributed by atoms with Crippen LogP contribution in [0.3, 0.4) is 0 Å². The van der Waals surface area contributed by atoms with Crippen molar-refractivity contribution in [2.45, 2.75) is 31.9 Å². The summed E-state index contributed by atoms with van der Waals surface area (Å²) in [5, 5.41) is 3.53. The minimum atomic E-state index is 0.722. The Balaban J connectivity index is 1.86. The van der Waals surface area contributed by atoms with E-state index in [-0.39, 0.29) is 0 Å². The van der Waals surface area contributed by atoms with Gasteiger partial charge in [0.15, 0.2) is 0 Å². The molecule has 1 aromatic rings. The molecule has 1 fully saturated rings. The Morgan fingerprint density at radius 3 is 2.67 bits per heavy atom. The number of hydrogen-bond acceptors (Lipinski definition) is 2. The van der Waals surface area contributed by atoms with E-state index in [0.717, 1.165) is 25.6 Å². The van der Waals surface area contributed by atoms with Gasteiger partial charge in [-0.1, -0.05) is 24.3 Å². The van der Waals surface area contributed by atoms with Crippen LogP contribution in [0, 0.1) is 0 Å². The van der Waals surface area contributed by atoms with Gasteiger partial charge in [-0.05, 0) is 36.9 Å². The highest BCUT2D eigenvalue weighted by Gasteiger charge is 2.19. The topological polar surface area (TPSA) is 21.3 Å². The second-order valence-electron chi connectivity index (χ2n) is 4.18. The molecule has 1 aliphatic rings. The maximum atomic E-state index is 5.19. The first-order valence-electron chi connectivity index (χ1n) is 5.69. The zero-order valence-electron chi connectivity index (χ0n) is 9.33.